The third-order valence-electron chi connectivity index (χ3n) is 3.22. The first-order chi connectivity index (χ1) is 10.3. The van der Waals surface area contributed by atoms with Gasteiger partial charge in [0, 0.05) is 16.1 Å². The second-order valence-electron chi connectivity index (χ2n) is 4.64. The lowest BCUT2D eigenvalue weighted by Crippen LogP contribution is -1.91. The van der Waals surface area contributed by atoms with Gasteiger partial charge in [-0.25, -0.2) is 4.98 Å². The van der Waals surface area contributed by atoms with Crippen molar-refractivity contribution in [1.29, 1.82) is 0 Å². The lowest BCUT2D eigenvalue weighted by molar-refractivity contribution is 1.39. The number of hydrogen-bond donors (Lipinski definition) is 1. The second kappa shape index (κ2) is 5.09. The van der Waals surface area contributed by atoms with E-state index in [1.807, 2.05) is 36.5 Å². The van der Waals surface area contributed by atoms with Gasteiger partial charge in [0.15, 0.2) is 5.13 Å². The van der Waals surface area contributed by atoms with Gasteiger partial charge < -0.3 is 5.32 Å². The first-order valence-electron chi connectivity index (χ1n) is 6.46. The molecule has 0 aliphatic heterocycles. The minimum atomic E-state index is 0.876. The topological polar surface area (TPSA) is 37.8 Å². The molecular formula is C16H10BrN3S. The predicted molar refractivity (Wildman–Crippen MR) is 92.3 cm³/mol. The number of pyridine rings is 1. The number of aromatic nitrogens is 2. The number of thiazole rings is 1. The summed E-state index contributed by atoms with van der Waals surface area (Å²) in [5.41, 5.74) is 2.94. The summed E-state index contributed by atoms with van der Waals surface area (Å²) in [6.07, 6.45) is 1.81. The monoisotopic (exact) mass is 355 g/mol. The minimum absolute atomic E-state index is 0.876. The van der Waals surface area contributed by atoms with Crippen LogP contribution in [0.4, 0.5) is 10.8 Å². The summed E-state index contributed by atoms with van der Waals surface area (Å²) in [5.74, 6) is 0. The molecule has 0 amide bonds. The number of anilines is 2. The third kappa shape index (κ3) is 2.39. The Hall–Kier alpha value is -1.98. The average Bonchev–Trinajstić information content (AvgIpc) is 2.89. The predicted octanol–water partition coefficient (Wildman–Crippen LogP) is 5.35. The van der Waals surface area contributed by atoms with Crippen LogP contribution in [0.5, 0.6) is 0 Å². The minimum Gasteiger partial charge on any atom is -0.330 e. The molecular weight excluding hydrogens is 346 g/mol. The summed E-state index contributed by atoms with van der Waals surface area (Å²) >= 11 is 5.12. The van der Waals surface area contributed by atoms with Crippen LogP contribution in [0.1, 0.15) is 0 Å². The van der Waals surface area contributed by atoms with Crippen molar-refractivity contribution in [2.75, 3.05) is 5.32 Å². The molecule has 2 aromatic carbocycles. The number of nitrogens with one attached hydrogen (secondary N) is 1. The van der Waals surface area contributed by atoms with Gasteiger partial charge in [-0.1, -0.05) is 45.5 Å². The van der Waals surface area contributed by atoms with E-state index in [4.69, 9.17) is 0 Å². The molecule has 2 aromatic heterocycles. The van der Waals surface area contributed by atoms with E-state index in [1.165, 1.54) is 0 Å². The van der Waals surface area contributed by atoms with Crippen LogP contribution >= 0.6 is 27.3 Å². The van der Waals surface area contributed by atoms with Crippen molar-refractivity contribution in [3.8, 4) is 0 Å². The SMILES string of the molecule is Brc1ccc2nc(Nc3cccc4cccnc34)sc2c1. The summed E-state index contributed by atoms with van der Waals surface area (Å²) in [6.45, 7) is 0. The maximum absolute atomic E-state index is 4.61. The first-order valence-corrected chi connectivity index (χ1v) is 8.07. The van der Waals surface area contributed by atoms with Crippen molar-refractivity contribution in [2.24, 2.45) is 0 Å². The quantitative estimate of drug-likeness (QED) is 0.526. The van der Waals surface area contributed by atoms with Crippen molar-refractivity contribution in [2.45, 2.75) is 0 Å². The van der Waals surface area contributed by atoms with Crippen molar-refractivity contribution in [1.82, 2.24) is 9.97 Å². The van der Waals surface area contributed by atoms with E-state index < -0.39 is 0 Å². The molecule has 0 atom stereocenters. The largest absolute Gasteiger partial charge is 0.330 e. The zero-order chi connectivity index (χ0) is 14.2. The summed E-state index contributed by atoms with van der Waals surface area (Å²) in [6, 6.07) is 16.2. The van der Waals surface area contributed by atoms with Crippen molar-refractivity contribution < 1.29 is 0 Å². The Labute approximate surface area is 133 Å². The molecule has 1 N–H and O–H groups in total. The highest BCUT2D eigenvalue weighted by Gasteiger charge is 2.07. The Bertz CT molecular complexity index is 943. The van der Waals surface area contributed by atoms with Gasteiger partial charge in [0.2, 0.25) is 0 Å². The van der Waals surface area contributed by atoms with Crippen LogP contribution in [0.3, 0.4) is 0 Å². The van der Waals surface area contributed by atoms with Gasteiger partial charge in [-0.3, -0.25) is 4.98 Å². The lowest BCUT2D eigenvalue weighted by atomic mass is 10.2. The van der Waals surface area contributed by atoms with E-state index in [-0.39, 0.29) is 0 Å². The Morgan fingerprint density at radius 2 is 1.95 bits per heavy atom. The van der Waals surface area contributed by atoms with Gasteiger partial charge in [-0.15, -0.1) is 0 Å². The molecule has 21 heavy (non-hydrogen) atoms. The molecule has 0 fully saturated rings. The second-order valence-corrected chi connectivity index (χ2v) is 6.58. The van der Waals surface area contributed by atoms with Crippen LogP contribution in [-0.2, 0) is 0 Å². The van der Waals surface area contributed by atoms with Crippen molar-refractivity contribution in [3.05, 3.63) is 59.2 Å². The number of benzene rings is 2. The molecule has 4 rings (SSSR count). The molecule has 0 bridgehead atoms. The number of hydrogen-bond acceptors (Lipinski definition) is 4. The molecule has 2 heterocycles. The maximum atomic E-state index is 4.61. The maximum Gasteiger partial charge on any atom is 0.188 e. The molecule has 3 nitrogen and oxygen atoms in total. The first kappa shape index (κ1) is 12.7. The van der Waals surface area contributed by atoms with Crippen LogP contribution in [0.2, 0.25) is 0 Å². The fourth-order valence-corrected chi connectivity index (χ4v) is 3.70. The molecule has 0 unspecified atom stereocenters. The van der Waals surface area contributed by atoms with E-state index in [2.05, 4.69) is 49.4 Å². The normalized spacial score (nSPS) is 11.1. The summed E-state index contributed by atoms with van der Waals surface area (Å²) in [7, 11) is 0. The molecule has 102 valence electrons. The highest BCUT2D eigenvalue weighted by atomic mass is 79.9. The molecule has 0 spiro atoms. The van der Waals surface area contributed by atoms with Crippen LogP contribution in [0.25, 0.3) is 21.1 Å². The molecule has 0 aliphatic rings. The fraction of sp³-hybridized carbons (Fsp3) is 0. The lowest BCUT2D eigenvalue weighted by Gasteiger charge is -2.05. The number of rotatable bonds is 2. The summed E-state index contributed by atoms with van der Waals surface area (Å²) < 4.78 is 2.22. The van der Waals surface area contributed by atoms with Crippen LogP contribution in [0.15, 0.2) is 59.2 Å². The van der Waals surface area contributed by atoms with Gasteiger partial charge in [0.05, 0.1) is 21.4 Å². The number of nitrogens with zero attached hydrogens (tertiary/aromatic N) is 2. The fourth-order valence-electron chi connectivity index (χ4n) is 2.27. The van der Waals surface area contributed by atoms with Gasteiger partial charge >= 0.3 is 0 Å². The Balaban J connectivity index is 1.79. The van der Waals surface area contributed by atoms with E-state index in [0.717, 1.165) is 36.4 Å². The molecule has 0 radical (unpaired) electrons. The Morgan fingerprint density at radius 1 is 1.05 bits per heavy atom. The van der Waals surface area contributed by atoms with Crippen LogP contribution in [0, 0.1) is 0 Å². The average molecular weight is 356 g/mol. The van der Waals surface area contributed by atoms with E-state index in [0.29, 0.717) is 0 Å². The number of fused-ring (bicyclic) bond motifs is 2. The third-order valence-corrected chi connectivity index (χ3v) is 4.65. The van der Waals surface area contributed by atoms with E-state index in [9.17, 15) is 0 Å². The molecule has 0 saturated carbocycles. The van der Waals surface area contributed by atoms with Crippen LogP contribution < -0.4 is 5.32 Å². The van der Waals surface area contributed by atoms with Crippen molar-refractivity contribution >= 4 is 59.2 Å². The summed E-state index contributed by atoms with van der Waals surface area (Å²) in [5, 5.41) is 5.38. The van der Waals surface area contributed by atoms with E-state index in [1.54, 1.807) is 11.3 Å². The zero-order valence-corrected chi connectivity index (χ0v) is 13.3. The van der Waals surface area contributed by atoms with Gasteiger partial charge in [0.1, 0.15) is 0 Å². The van der Waals surface area contributed by atoms with Crippen molar-refractivity contribution in [3.63, 3.8) is 0 Å². The summed E-state index contributed by atoms with van der Waals surface area (Å²) in [4.78, 5) is 9.07. The van der Waals surface area contributed by atoms with Crippen LogP contribution in [-0.4, -0.2) is 9.97 Å². The van der Waals surface area contributed by atoms with Gasteiger partial charge in [-0.05, 0) is 30.3 Å². The molecule has 5 heteroatoms. The highest BCUT2D eigenvalue weighted by Crippen LogP contribution is 2.32. The Morgan fingerprint density at radius 3 is 2.90 bits per heavy atom. The van der Waals surface area contributed by atoms with Gasteiger partial charge in [0.25, 0.3) is 0 Å². The Kier molecular flexibility index (Phi) is 3.09. The molecule has 0 saturated heterocycles. The van der Waals surface area contributed by atoms with Gasteiger partial charge in [-0.2, -0.15) is 0 Å². The highest BCUT2D eigenvalue weighted by molar-refractivity contribution is 9.10. The molecule has 4 aromatic rings. The smallest absolute Gasteiger partial charge is 0.188 e. The molecule has 0 aliphatic carbocycles. The standard InChI is InChI=1S/C16H10BrN3S/c17-11-6-7-12-14(9-11)21-16(19-12)20-13-5-1-3-10-4-2-8-18-15(10)13/h1-9H,(H,19,20). The number of para-hydroxylation sites is 1. The zero-order valence-electron chi connectivity index (χ0n) is 10.9. The number of halogens is 1. The van der Waals surface area contributed by atoms with E-state index >= 15 is 0 Å².